The minimum Gasteiger partial charge on any atom is -0.490 e. The zero-order valence-corrected chi connectivity index (χ0v) is 12.9. The van der Waals surface area contributed by atoms with Crippen molar-refractivity contribution in [3.63, 3.8) is 0 Å². The molecular formula is C19H20N2O2. The molecule has 1 atom stereocenters. The highest BCUT2D eigenvalue weighted by Gasteiger charge is 2.07. The molecule has 1 heterocycles. The standard InChI is InChI=1S/C19H20N2O2/c22-17(13-21-12-15-5-4-10-20-11-15)14-23-19-9-3-7-16-6-1-2-8-18(16)19/h1-11,17,21-22H,12-14H2. The van der Waals surface area contributed by atoms with Gasteiger partial charge in [0.2, 0.25) is 0 Å². The first kappa shape index (κ1) is 15.5. The number of aromatic nitrogens is 1. The van der Waals surface area contributed by atoms with Crippen molar-refractivity contribution in [1.29, 1.82) is 0 Å². The van der Waals surface area contributed by atoms with E-state index in [-0.39, 0.29) is 6.61 Å². The molecule has 1 unspecified atom stereocenters. The van der Waals surface area contributed by atoms with E-state index in [4.69, 9.17) is 4.74 Å². The molecule has 0 saturated carbocycles. The highest BCUT2D eigenvalue weighted by Crippen LogP contribution is 2.25. The highest BCUT2D eigenvalue weighted by atomic mass is 16.5. The molecule has 0 fully saturated rings. The Morgan fingerprint density at radius 2 is 1.91 bits per heavy atom. The smallest absolute Gasteiger partial charge is 0.127 e. The number of nitrogens with zero attached hydrogens (tertiary/aromatic N) is 1. The molecule has 118 valence electrons. The summed E-state index contributed by atoms with van der Waals surface area (Å²) in [5.74, 6) is 0.800. The van der Waals surface area contributed by atoms with Crippen LogP contribution in [0.5, 0.6) is 5.75 Å². The monoisotopic (exact) mass is 308 g/mol. The molecule has 0 amide bonds. The maximum Gasteiger partial charge on any atom is 0.127 e. The molecule has 3 rings (SSSR count). The van der Waals surface area contributed by atoms with Gasteiger partial charge in [-0.15, -0.1) is 0 Å². The lowest BCUT2D eigenvalue weighted by Crippen LogP contribution is -2.31. The quantitative estimate of drug-likeness (QED) is 0.705. The summed E-state index contributed by atoms with van der Waals surface area (Å²) in [6.07, 6.45) is 2.99. The summed E-state index contributed by atoms with van der Waals surface area (Å²) in [6, 6.07) is 17.9. The van der Waals surface area contributed by atoms with Gasteiger partial charge in [0.1, 0.15) is 18.5 Å². The van der Waals surface area contributed by atoms with Crippen LogP contribution in [0, 0.1) is 0 Å². The molecule has 0 saturated heterocycles. The Morgan fingerprint density at radius 3 is 2.78 bits per heavy atom. The van der Waals surface area contributed by atoms with Crippen LogP contribution in [0.15, 0.2) is 67.0 Å². The second-order valence-corrected chi connectivity index (χ2v) is 5.43. The largest absolute Gasteiger partial charge is 0.490 e. The molecule has 2 aromatic carbocycles. The number of ether oxygens (including phenoxy) is 1. The Bertz CT molecular complexity index is 741. The van der Waals surface area contributed by atoms with Gasteiger partial charge in [-0.05, 0) is 23.1 Å². The fraction of sp³-hybridized carbons (Fsp3) is 0.211. The second-order valence-electron chi connectivity index (χ2n) is 5.43. The van der Waals surface area contributed by atoms with Gasteiger partial charge in [0.05, 0.1) is 0 Å². The molecular weight excluding hydrogens is 288 g/mol. The molecule has 3 aromatic rings. The zero-order valence-electron chi connectivity index (χ0n) is 12.9. The van der Waals surface area contributed by atoms with Crippen LogP contribution >= 0.6 is 0 Å². The molecule has 1 aromatic heterocycles. The summed E-state index contributed by atoms with van der Waals surface area (Å²) >= 11 is 0. The minimum absolute atomic E-state index is 0.258. The molecule has 0 aliphatic heterocycles. The lowest BCUT2D eigenvalue weighted by Gasteiger charge is -2.14. The zero-order chi connectivity index (χ0) is 15.9. The Labute approximate surface area is 135 Å². The Kier molecular flexibility index (Phi) is 5.19. The first-order valence-corrected chi connectivity index (χ1v) is 7.71. The third kappa shape index (κ3) is 4.28. The SMILES string of the molecule is OC(CNCc1cccnc1)COc1cccc2ccccc12. The fourth-order valence-electron chi connectivity index (χ4n) is 2.45. The van der Waals surface area contributed by atoms with Gasteiger partial charge in [0.15, 0.2) is 0 Å². The predicted octanol–water partition coefficient (Wildman–Crippen LogP) is 2.76. The summed E-state index contributed by atoms with van der Waals surface area (Å²) in [5, 5.41) is 15.5. The predicted molar refractivity (Wildman–Crippen MR) is 91.4 cm³/mol. The summed E-state index contributed by atoms with van der Waals surface area (Å²) in [5.41, 5.74) is 1.09. The van der Waals surface area contributed by atoms with Crippen LogP contribution in [0.4, 0.5) is 0 Å². The van der Waals surface area contributed by atoms with E-state index in [2.05, 4.69) is 10.3 Å². The van der Waals surface area contributed by atoms with Crippen molar-refractivity contribution >= 4 is 10.8 Å². The first-order chi connectivity index (χ1) is 11.3. The maximum atomic E-state index is 10.1. The summed E-state index contributed by atoms with van der Waals surface area (Å²) < 4.78 is 5.78. The Hall–Kier alpha value is -2.43. The van der Waals surface area contributed by atoms with Crippen LogP contribution in [0.2, 0.25) is 0 Å². The van der Waals surface area contributed by atoms with Crippen molar-refractivity contribution in [1.82, 2.24) is 10.3 Å². The molecule has 0 aliphatic rings. The first-order valence-electron chi connectivity index (χ1n) is 7.71. The van der Waals surface area contributed by atoms with Gasteiger partial charge in [-0.3, -0.25) is 4.98 Å². The van der Waals surface area contributed by atoms with Gasteiger partial charge in [-0.2, -0.15) is 0 Å². The molecule has 0 aliphatic carbocycles. The molecule has 0 spiro atoms. The highest BCUT2D eigenvalue weighted by molar-refractivity contribution is 5.88. The van der Waals surface area contributed by atoms with Crippen molar-refractivity contribution in [2.75, 3.05) is 13.2 Å². The van der Waals surface area contributed by atoms with Gasteiger partial charge in [0.25, 0.3) is 0 Å². The molecule has 4 heteroatoms. The average Bonchev–Trinajstić information content (AvgIpc) is 2.61. The van der Waals surface area contributed by atoms with E-state index in [1.54, 1.807) is 6.20 Å². The second kappa shape index (κ2) is 7.72. The third-order valence-electron chi connectivity index (χ3n) is 3.61. The van der Waals surface area contributed by atoms with Gasteiger partial charge < -0.3 is 15.2 Å². The third-order valence-corrected chi connectivity index (χ3v) is 3.61. The summed E-state index contributed by atoms with van der Waals surface area (Å²) in [7, 11) is 0. The number of rotatable bonds is 7. The van der Waals surface area contributed by atoms with Crippen LogP contribution in [-0.2, 0) is 6.54 Å². The van der Waals surface area contributed by atoms with Crippen molar-refractivity contribution in [2.24, 2.45) is 0 Å². The number of aliphatic hydroxyl groups is 1. The molecule has 0 radical (unpaired) electrons. The van der Waals surface area contributed by atoms with Crippen LogP contribution in [0.3, 0.4) is 0 Å². The van der Waals surface area contributed by atoms with Crippen LogP contribution in [-0.4, -0.2) is 29.3 Å². The summed E-state index contributed by atoms with van der Waals surface area (Å²) in [4.78, 5) is 4.06. The minimum atomic E-state index is -0.564. The van der Waals surface area contributed by atoms with E-state index >= 15 is 0 Å². The van der Waals surface area contributed by atoms with E-state index < -0.39 is 6.10 Å². The van der Waals surface area contributed by atoms with Crippen LogP contribution in [0.1, 0.15) is 5.56 Å². The number of hydrogen-bond donors (Lipinski definition) is 2. The molecule has 23 heavy (non-hydrogen) atoms. The van der Waals surface area contributed by atoms with Crippen molar-refractivity contribution in [3.05, 3.63) is 72.6 Å². The van der Waals surface area contributed by atoms with Gasteiger partial charge in [-0.25, -0.2) is 0 Å². The van der Waals surface area contributed by atoms with Crippen molar-refractivity contribution in [2.45, 2.75) is 12.6 Å². The Balaban J connectivity index is 1.49. The summed E-state index contributed by atoms with van der Waals surface area (Å²) in [6.45, 7) is 1.41. The van der Waals surface area contributed by atoms with E-state index in [1.165, 1.54) is 0 Å². The molecule has 4 nitrogen and oxygen atoms in total. The van der Waals surface area contributed by atoms with Gasteiger partial charge in [0, 0.05) is 30.9 Å². The topological polar surface area (TPSA) is 54.4 Å². The molecule has 0 bridgehead atoms. The van der Waals surface area contributed by atoms with E-state index in [1.807, 2.05) is 60.8 Å². The lowest BCUT2D eigenvalue weighted by atomic mass is 10.1. The Morgan fingerprint density at radius 1 is 1.04 bits per heavy atom. The lowest BCUT2D eigenvalue weighted by molar-refractivity contribution is 0.107. The number of nitrogens with one attached hydrogen (secondary N) is 1. The van der Waals surface area contributed by atoms with Crippen molar-refractivity contribution < 1.29 is 9.84 Å². The van der Waals surface area contributed by atoms with Gasteiger partial charge >= 0.3 is 0 Å². The van der Waals surface area contributed by atoms with E-state index in [0.29, 0.717) is 13.1 Å². The number of aliphatic hydroxyl groups excluding tert-OH is 1. The number of benzene rings is 2. The normalized spacial score (nSPS) is 12.2. The average molecular weight is 308 g/mol. The van der Waals surface area contributed by atoms with Gasteiger partial charge in [-0.1, -0.05) is 42.5 Å². The molecule has 2 N–H and O–H groups in total. The number of hydrogen-bond acceptors (Lipinski definition) is 4. The fourth-order valence-corrected chi connectivity index (χ4v) is 2.45. The van der Waals surface area contributed by atoms with E-state index in [9.17, 15) is 5.11 Å². The van der Waals surface area contributed by atoms with Crippen molar-refractivity contribution in [3.8, 4) is 5.75 Å². The number of pyridine rings is 1. The maximum absolute atomic E-state index is 10.1. The van der Waals surface area contributed by atoms with Crippen LogP contribution < -0.4 is 10.1 Å². The van der Waals surface area contributed by atoms with Crippen LogP contribution in [0.25, 0.3) is 10.8 Å². The number of fused-ring (bicyclic) bond motifs is 1. The van der Waals surface area contributed by atoms with E-state index in [0.717, 1.165) is 22.1 Å².